The average molecular weight is 289 g/mol. The van der Waals surface area contributed by atoms with Gasteiger partial charge in [0.1, 0.15) is 5.69 Å². The monoisotopic (exact) mass is 289 g/mol. The molecule has 2 heterocycles. The molecule has 1 aliphatic rings. The third-order valence-corrected chi connectivity index (χ3v) is 3.96. The third-order valence-electron chi connectivity index (χ3n) is 3.96. The Morgan fingerprint density at radius 3 is 3.00 bits per heavy atom. The van der Waals surface area contributed by atoms with Crippen molar-refractivity contribution in [3.05, 3.63) is 30.0 Å². The molecule has 0 spiro atoms. The van der Waals surface area contributed by atoms with Gasteiger partial charge in [-0.3, -0.25) is 4.79 Å². The molecule has 112 valence electrons. The summed E-state index contributed by atoms with van der Waals surface area (Å²) in [5, 5.41) is 11.0. The summed E-state index contributed by atoms with van der Waals surface area (Å²) in [7, 11) is 1.82. The smallest absolute Gasteiger partial charge is 0.269 e. The number of nitrogens with zero attached hydrogens (tertiary/aromatic N) is 4. The minimum atomic E-state index is -0.0608. The average Bonchev–Trinajstić information content (AvgIpc) is 3.13. The van der Waals surface area contributed by atoms with Gasteiger partial charge in [0.05, 0.1) is 12.5 Å². The van der Waals surface area contributed by atoms with E-state index >= 15 is 0 Å². The second-order valence-electron chi connectivity index (χ2n) is 5.66. The maximum Gasteiger partial charge on any atom is 0.269 e. The molecule has 0 radical (unpaired) electrons. The molecule has 2 aromatic rings. The minimum Gasteiger partial charge on any atom is -0.426 e. The molecule has 1 saturated carbocycles. The number of aryl methyl sites for hydroxylation is 2. The van der Waals surface area contributed by atoms with Crippen molar-refractivity contribution < 1.29 is 9.21 Å². The fourth-order valence-corrected chi connectivity index (χ4v) is 2.89. The maximum atomic E-state index is 12.1. The van der Waals surface area contributed by atoms with E-state index in [1.165, 1.54) is 0 Å². The largest absolute Gasteiger partial charge is 0.426 e. The van der Waals surface area contributed by atoms with Gasteiger partial charge in [-0.2, -0.15) is 0 Å². The van der Waals surface area contributed by atoms with E-state index in [1.807, 2.05) is 7.05 Å². The van der Waals surface area contributed by atoms with Crippen LogP contribution in [0, 0.1) is 12.8 Å². The van der Waals surface area contributed by atoms with Crippen LogP contribution in [0.3, 0.4) is 0 Å². The molecule has 1 fully saturated rings. The van der Waals surface area contributed by atoms with E-state index in [-0.39, 0.29) is 11.9 Å². The van der Waals surface area contributed by atoms with Crippen molar-refractivity contribution in [2.75, 3.05) is 0 Å². The lowest BCUT2D eigenvalue weighted by Gasteiger charge is -2.13. The normalized spacial score (nSPS) is 21.6. The number of rotatable bonds is 4. The molecule has 2 atom stereocenters. The van der Waals surface area contributed by atoms with Crippen molar-refractivity contribution in [2.24, 2.45) is 13.0 Å². The van der Waals surface area contributed by atoms with E-state index in [2.05, 4.69) is 20.5 Å². The fraction of sp³-hybridized carbons (Fsp3) is 0.571. The first kappa shape index (κ1) is 13.8. The molecule has 3 rings (SSSR count). The van der Waals surface area contributed by atoms with E-state index in [4.69, 9.17) is 4.42 Å². The SMILES string of the molecule is Cc1nnc(C[C@@H]2CC[C@H](NC(=O)c3cncn3C)C2)o1. The molecule has 1 aliphatic carbocycles. The zero-order valence-corrected chi connectivity index (χ0v) is 12.2. The van der Waals surface area contributed by atoms with E-state index in [1.54, 1.807) is 24.0 Å². The summed E-state index contributed by atoms with van der Waals surface area (Å²) in [6.07, 6.45) is 7.01. The van der Waals surface area contributed by atoms with E-state index in [0.29, 0.717) is 23.4 Å². The van der Waals surface area contributed by atoms with Gasteiger partial charge < -0.3 is 14.3 Å². The van der Waals surface area contributed by atoms with Crippen LogP contribution in [0.5, 0.6) is 0 Å². The highest BCUT2D eigenvalue weighted by molar-refractivity contribution is 5.92. The number of imidazole rings is 1. The molecule has 7 heteroatoms. The number of hydrogen-bond acceptors (Lipinski definition) is 5. The van der Waals surface area contributed by atoms with Crippen molar-refractivity contribution in [3.8, 4) is 0 Å². The lowest BCUT2D eigenvalue weighted by atomic mass is 10.0. The lowest BCUT2D eigenvalue weighted by molar-refractivity contribution is 0.0929. The Morgan fingerprint density at radius 1 is 1.48 bits per heavy atom. The molecule has 0 saturated heterocycles. The number of carbonyl (C=O) groups is 1. The van der Waals surface area contributed by atoms with Crippen LogP contribution in [-0.2, 0) is 13.5 Å². The Morgan fingerprint density at radius 2 is 2.33 bits per heavy atom. The topological polar surface area (TPSA) is 85.8 Å². The minimum absolute atomic E-state index is 0.0608. The summed E-state index contributed by atoms with van der Waals surface area (Å²) in [6, 6.07) is 0.210. The van der Waals surface area contributed by atoms with Crippen LogP contribution in [-0.4, -0.2) is 31.7 Å². The molecule has 21 heavy (non-hydrogen) atoms. The second kappa shape index (κ2) is 5.67. The van der Waals surface area contributed by atoms with Crippen LogP contribution < -0.4 is 5.32 Å². The summed E-state index contributed by atoms with van der Waals surface area (Å²) < 4.78 is 7.14. The van der Waals surface area contributed by atoms with Gasteiger partial charge >= 0.3 is 0 Å². The second-order valence-corrected chi connectivity index (χ2v) is 5.66. The van der Waals surface area contributed by atoms with Crippen LogP contribution in [0.2, 0.25) is 0 Å². The first-order valence-electron chi connectivity index (χ1n) is 7.18. The van der Waals surface area contributed by atoms with E-state index < -0.39 is 0 Å². The van der Waals surface area contributed by atoms with Gasteiger partial charge in [-0.15, -0.1) is 10.2 Å². The molecule has 0 bridgehead atoms. The predicted octanol–water partition coefficient (Wildman–Crippen LogP) is 1.25. The quantitative estimate of drug-likeness (QED) is 0.915. The number of carbonyl (C=O) groups excluding carboxylic acids is 1. The molecule has 7 nitrogen and oxygen atoms in total. The van der Waals surface area contributed by atoms with Crippen LogP contribution >= 0.6 is 0 Å². The Kier molecular flexibility index (Phi) is 3.72. The maximum absolute atomic E-state index is 12.1. The summed E-state index contributed by atoms with van der Waals surface area (Å²) in [6.45, 7) is 1.79. The molecule has 0 unspecified atom stereocenters. The lowest BCUT2D eigenvalue weighted by Crippen LogP contribution is -2.34. The van der Waals surface area contributed by atoms with Crippen LogP contribution in [0.4, 0.5) is 0 Å². The Bertz CT molecular complexity index is 633. The standard InChI is InChI=1S/C14H19N5O2/c1-9-17-18-13(21-9)6-10-3-4-11(5-10)16-14(20)12-7-15-8-19(12)2/h7-8,10-11H,3-6H2,1-2H3,(H,16,20)/t10-,11+/m1/s1. The number of nitrogens with one attached hydrogen (secondary N) is 1. The summed E-state index contributed by atoms with van der Waals surface area (Å²) in [5.74, 6) is 1.72. The highest BCUT2D eigenvalue weighted by Crippen LogP contribution is 2.28. The highest BCUT2D eigenvalue weighted by Gasteiger charge is 2.28. The van der Waals surface area contributed by atoms with Gasteiger partial charge in [-0.1, -0.05) is 0 Å². The van der Waals surface area contributed by atoms with Gasteiger partial charge in [0.2, 0.25) is 11.8 Å². The fourth-order valence-electron chi connectivity index (χ4n) is 2.89. The predicted molar refractivity (Wildman–Crippen MR) is 74.5 cm³/mol. The van der Waals surface area contributed by atoms with Crippen LogP contribution in [0.1, 0.15) is 41.5 Å². The molecule has 0 aromatic carbocycles. The first-order valence-corrected chi connectivity index (χ1v) is 7.18. The van der Waals surface area contributed by atoms with Gasteiger partial charge in [-0.25, -0.2) is 4.98 Å². The molecular weight excluding hydrogens is 270 g/mol. The molecular formula is C14H19N5O2. The van der Waals surface area contributed by atoms with E-state index in [9.17, 15) is 4.79 Å². The molecule has 0 aliphatic heterocycles. The Balaban J connectivity index is 1.53. The van der Waals surface area contributed by atoms with Crippen LogP contribution in [0.25, 0.3) is 0 Å². The van der Waals surface area contributed by atoms with Crippen molar-refractivity contribution >= 4 is 5.91 Å². The summed E-state index contributed by atoms with van der Waals surface area (Å²) in [4.78, 5) is 16.1. The van der Waals surface area contributed by atoms with Crippen molar-refractivity contribution in [2.45, 2.75) is 38.6 Å². The van der Waals surface area contributed by atoms with Gasteiger partial charge in [0.15, 0.2) is 0 Å². The molecule has 1 amide bonds. The summed E-state index contributed by atoms with van der Waals surface area (Å²) >= 11 is 0. The van der Waals surface area contributed by atoms with Crippen molar-refractivity contribution in [3.63, 3.8) is 0 Å². The van der Waals surface area contributed by atoms with Gasteiger partial charge in [-0.05, 0) is 25.2 Å². The number of hydrogen-bond donors (Lipinski definition) is 1. The Hall–Kier alpha value is -2.18. The van der Waals surface area contributed by atoms with Crippen molar-refractivity contribution in [1.82, 2.24) is 25.1 Å². The van der Waals surface area contributed by atoms with E-state index in [0.717, 1.165) is 25.7 Å². The van der Waals surface area contributed by atoms with Gasteiger partial charge in [0.25, 0.3) is 5.91 Å². The third kappa shape index (κ3) is 3.12. The highest BCUT2D eigenvalue weighted by atomic mass is 16.4. The van der Waals surface area contributed by atoms with Crippen molar-refractivity contribution in [1.29, 1.82) is 0 Å². The molecule has 1 N–H and O–H groups in total. The summed E-state index contributed by atoms with van der Waals surface area (Å²) in [5.41, 5.74) is 0.589. The first-order chi connectivity index (χ1) is 10.1. The number of aromatic nitrogens is 4. The number of amides is 1. The van der Waals surface area contributed by atoms with Crippen LogP contribution in [0.15, 0.2) is 16.9 Å². The zero-order chi connectivity index (χ0) is 14.8. The molecule has 2 aromatic heterocycles. The zero-order valence-electron chi connectivity index (χ0n) is 12.2. The van der Waals surface area contributed by atoms with Gasteiger partial charge in [0, 0.05) is 26.4 Å². The Labute approximate surface area is 122 Å².